The maximum atomic E-state index is 10.8. The van der Waals surface area contributed by atoms with Crippen molar-refractivity contribution in [1.29, 1.82) is 5.26 Å². The number of nitro groups is 1. The average molecular weight is 311 g/mol. The average Bonchev–Trinajstić information content (AvgIpc) is 2.30. The highest BCUT2D eigenvalue weighted by molar-refractivity contribution is 9.10. The Kier molecular flexibility index (Phi) is 4.57. The van der Waals surface area contributed by atoms with Crippen LogP contribution in [0.25, 0.3) is 6.08 Å². The number of carboxylic acids is 1. The van der Waals surface area contributed by atoms with Crippen molar-refractivity contribution < 1.29 is 14.8 Å². The fourth-order valence-corrected chi connectivity index (χ4v) is 1.61. The summed E-state index contributed by atoms with van der Waals surface area (Å²) in [5.41, 5.74) is -0.264. The van der Waals surface area contributed by atoms with E-state index in [4.69, 9.17) is 10.4 Å². The quantitative estimate of drug-likeness (QED) is 0.523. The molecule has 0 saturated carbocycles. The molecule has 0 aliphatic rings. The third kappa shape index (κ3) is 3.40. The third-order valence-electron chi connectivity index (χ3n) is 2.06. The Hall–Kier alpha value is -2.20. The van der Waals surface area contributed by atoms with Gasteiger partial charge >= 0.3 is 5.97 Å². The van der Waals surface area contributed by atoms with Gasteiger partial charge in [0.25, 0.3) is 5.69 Å². The number of hydrogen-bond donors (Lipinski definition) is 1. The molecule has 0 aliphatic carbocycles. The Morgan fingerprint density at radius 2 is 2.28 bits per heavy atom. The van der Waals surface area contributed by atoms with E-state index in [-0.39, 0.29) is 23.2 Å². The van der Waals surface area contributed by atoms with Crippen LogP contribution >= 0.6 is 15.9 Å². The molecule has 92 valence electrons. The van der Waals surface area contributed by atoms with E-state index in [1.54, 1.807) is 12.1 Å². The molecular weight excluding hydrogens is 304 g/mol. The van der Waals surface area contributed by atoms with Gasteiger partial charge in [0, 0.05) is 10.5 Å². The zero-order valence-electron chi connectivity index (χ0n) is 8.96. The molecule has 18 heavy (non-hydrogen) atoms. The second-order valence-electron chi connectivity index (χ2n) is 3.27. The normalized spacial score (nSPS) is 10.8. The third-order valence-corrected chi connectivity index (χ3v) is 2.56. The molecule has 7 heteroatoms. The minimum atomic E-state index is -1.27. The first-order valence-corrected chi connectivity index (χ1v) is 5.49. The number of halogens is 1. The van der Waals surface area contributed by atoms with Gasteiger partial charge in [-0.05, 0) is 18.2 Å². The molecule has 1 N–H and O–H groups in total. The molecule has 0 heterocycles. The molecule has 1 aromatic carbocycles. The van der Waals surface area contributed by atoms with Crippen molar-refractivity contribution in [1.82, 2.24) is 0 Å². The molecule has 0 spiro atoms. The first kappa shape index (κ1) is 13.9. The summed E-state index contributed by atoms with van der Waals surface area (Å²) < 4.78 is 0.517. The van der Waals surface area contributed by atoms with Gasteiger partial charge in [-0.25, -0.2) is 4.79 Å². The second-order valence-corrected chi connectivity index (χ2v) is 4.19. The van der Waals surface area contributed by atoms with Crippen molar-refractivity contribution in [2.45, 2.75) is 6.42 Å². The molecule has 0 aromatic heterocycles. The number of nitrogens with zero attached hydrogens (tertiary/aromatic N) is 2. The first-order chi connectivity index (χ1) is 8.45. The predicted molar refractivity (Wildman–Crippen MR) is 66.6 cm³/mol. The van der Waals surface area contributed by atoms with E-state index in [0.717, 1.165) is 6.08 Å². The van der Waals surface area contributed by atoms with Gasteiger partial charge in [-0.15, -0.1) is 0 Å². The molecule has 0 atom stereocenters. The van der Waals surface area contributed by atoms with Crippen LogP contribution in [0.3, 0.4) is 0 Å². The second kappa shape index (κ2) is 5.93. The van der Waals surface area contributed by atoms with Crippen LogP contribution in [-0.4, -0.2) is 16.0 Å². The van der Waals surface area contributed by atoms with E-state index >= 15 is 0 Å². The topological polar surface area (TPSA) is 104 Å². The summed E-state index contributed by atoms with van der Waals surface area (Å²) in [6.07, 6.45) is 0.818. The van der Waals surface area contributed by atoms with E-state index in [1.165, 1.54) is 12.1 Å². The standard InChI is InChI=1S/C11H7BrN2O4/c12-9-2-1-7(10(6-9)14(17)18)5-8(3-4-13)11(15)16/h1-2,5-6H,3H2,(H,15,16)/b8-5+. The number of hydrogen-bond acceptors (Lipinski definition) is 4. The summed E-state index contributed by atoms with van der Waals surface area (Å²) in [7, 11) is 0. The lowest BCUT2D eigenvalue weighted by atomic mass is 10.1. The van der Waals surface area contributed by atoms with E-state index < -0.39 is 10.9 Å². The molecule has 0 radical (unpaired) electrons. The number of carbonyl (C=O) groups is 1. The molecule has 0 unspecified atom stereocenters. The molecule has 1 aromatic rings. The molecule has 0 bridgehead atoms. The number of nitro benzene ring substituents is 1. The zero-order chi connectivity index (χ0) is 13.7. The van der Waals surface area contributed by atoms with Crippen molar-refractivity contribution in [2.24, 2.45) is 0 Å². The van der Waals surface area contributed by atoms with Crippen LogP contribution in [0.5, 0.6) is 0 Å². The molecule has 0 fully saturated rings. The maximum Gasteiger partial charge on any atom is 0.332 e. The van der Waals surface area contributed by atoms with Gasteiger partial charge in [0.05, 0.1) is 28.5 Å². The van der Waals surface area contributed by atoms with Crippen LogP contribution in [0, 0.1) is 21.4 Å². The summed E-state index contributed by atoms with van der Waals surface area (Å²) >= 11 is 3.10. The van der Waals surface area contributed by atoms with Crippen LogP contribution in [-0.2, 0) is 4.79 Å². The Labute approximate surface area is 110 Å². The van der Waals surface area contributed by atoms with Gasteiger partial charge in [-0.2, -0.15) is 5.26 Å². The smallest absolute Gasteiger partial charge is 0.332 e. The Morgan fingerprint density at radius 3 is 2.78 bits per heavy atom. The highest BCUT2D eigenvalue weighted by atomic mass is 79.9. The van der Waals surface area contributed by atoms with Crippen molar-refractivity contribution >= 4 is 33.7 Å². The molecule has 0 amide bonds. The van der Waals surface area contributed by atoms with Gasteiger partial charge in [0.1, 0.15) is 0 Å². The molecular formula is C11H7BrN2O4. The van der Waals surface area contributed by atoms with E-state index in [0.29, 0.717) is 4.47 Å². The number of aliphatic carboxylic acids is 1. The summed E-state index contributed by atoms with van der Waals surface area (Å²) in [5.74, 6) is -1.27. The Balaban J connectivity index is 3.33. The van der Waals surface area contributed by atoms with E-state index in [1.807, 2.05) is 0 Å². The minimum absolute atomic E-state index is 0.149. The SMILES string of the molecule is N#CC/C(=C\c1ccc(Br)cc1[N+](=O)[O-])C(=O)O. The summed E-state index contributed by atoms with van der Waals surface area (Å²) in [5, 5.41) is 28.2. The zero-order valence-corrected chi connectivity index (χ0v) is 10.5. The van der Waals surface area contributed by atoms with Crippen molar-refractivity contribution in [3.8, 4) is 6.07 Å². The van der Waals surface area contributed by atoms with Gasteiger partial charge < -0.3 is 5.11 Å². The number of carboxylic acid groups (broad SMARTS) is 1. The van der Waals surface area contributed by atoms with Crippen LogP contribution in [0.4, 0.5) is 5.69 Å². The monoisotopic (exact) mass is 310 g/mol. The number of rotatable bonds is 4. The molecule has 1 rings (SSSR count). The Bertz CT molecular complexity index is 575. The van der Waals surface area contributed by atoms with Gasteiger partial charge in [-0.1, -0.05) is 15.9 Å². The molecule has 0 saturated heterocycles. The van der Waals surface area contributed by atoms with Gasteiger partial charge in [0.2, 0.25) is 0 Å². The first-order valence-electron chi connectivity index (χ1n) is 4.70. The van der Waals surface area contributed by atoms with Crippen molar-refractivity contribution in [2.75, 3.05) is 0 Å². The van der Waals surface area contributed by atoms with Crippen LogP contribution in [0.1, 0.15) is 12.0 Å². The lowest BCUT2D eigenvalue weighted by molar-refractivity contribution is -0.385. The largest absolute Gasteiger partial charge is 0.478 e. The lowest BCUT2D eigenvalue weighted by Crippen LogP contribution is -2.00. The highest BCUT2D eigenvalue weighted by Crippen LogP contribution is 2.26. The fraction of sp³-hybridized carbons (Fsp3) is 0.0909. The van der Waals surface area contributed by atoms with Crippen LogP contribution in [0.15, 0.2) is 28.2 Å². The van der Waals surface area contributed by atoms with E-state index in [2.05, 4.69) is 15.9 Å². The number of nitriles is 1. The van der Waals surface area contributed by atoms with Crippen LogP contribution in [0.2, 0.25) is 0 Å². The summed E-state index contributed by atoms with van der Waals surface area (Å²) in [4.78, 5) is 21.1. The highest BCUT2D eigenvalue weighted by Gasteiger charge is 2.15. The van der Waals surface area contributed by atoms with Crippen molar-refractivity contribution in [3.63, 3.8) is 0 Å². The maximum absolute atomic E-state index is 10.8. The van der Waals surface area contributed by atoms with Crippen molar-refractivity contribution in [3.05, 3.63) is 43.9 Å². The fourth-order valence-electron chi connectivity index (χ4n) is 1.26. The van der Waals surface area contributed by atoms with Gasteiger partial charge in [-0.3, -0.25) is 10.1 Å². The molecule has 0 aliphatic heterocycles. The summed E-state index contributed by atoms with van der Waals surface area (Å²) in [6, 6.07) is 5.96. The lowest BCUT2D eigenvalue weighted by Gasteiger charge is -2.00. The number of benzene rings is 1. The van der Waals surface area contributed by atoms with E-state index in [9.17, 15) is 14.9 Å². The van der Waals surface area contributed by atoms with Crippen LogP contribution < -0.4 is 0 Å². The van der Waals surface area contributed by atoms with Gasteiger partial charge in [0.15, 0.2) is 0 Å². The summed E-state index contributed by atoms with van der Waals surface area (Å²) in [6.45, 7) is 0. The Morgan fingerprint density at radius 1 is 1.61 bits per heavy atom. The predicted octanol–water partition coefficient (Wildman–Crippen LogP) is 2.74. The molecule has 6 nitrogen and oxygen atoms in total. The minimum Gasteiger partial charge on any atom is -0.478 e.